The first kappa shape index (κ1) is 4.96. The summed E-state index contributed by atoms with van der Waals surface area (Å²) in [6, 6.07) is 0. The van der Waals surface area contributed by atoms with Gasteiger partial charge < -0.3 is 14.6 Å². The van der Waals surface area contributed by atoms with Gasteiger partial charge >= 0.3 is 6.08 Å². The monoisotopic (exact) mass is 115 g/mol. The summed E-state index contributed by atoms with van der Waals surface area (Å²) < 4.78 is 4.41. The Balaban J connectivity index is 3.14. The minimum Gasteiger partial charge on any atom is -0.491 e. The van der Waals surface area contributed by atoms with Crippen LogP contribution < -0.4 is 0 Å². The third kappa shape index (κ3) is 0.598. The normalized spacial score (nSPS) is 9.62. The number of nitrogens with zero attached hydrogens (tertiary/aromatic N) is 1. The minimum atomic E-state index is -0.500. The fraction of sp³-hybridized carbons (Fsp3) is 0.250. The number of aromatic hydroxyl groups is 2. The van der Waals surface area contributed by atoms with E-state index < -0.39 is 6.08 Å². The van der Waals surface area contributed by atoms with Gasteiger partial charge in [-0.05, 0) is 6.92 Å². The van der Waals surface area contributed by atoms with E-state index in [2.05, 4.69) is 9.40 Å². The minimum absolute atomic E-state index is 0.225. The van der Waals surface area contributed by atoms with Gasteiger partial charge in [-0.2, -0.15) is 0 Å². The largest absolute Gasteiger partial charge is 0.491 e. The molecule has 4 nitrogen and oxygen atoms in total. The fourth-order valence-corrected chi connectivity index (χ4v) is 0.375. The average Bonchev–Trinajstić information content (AvgIpc) is 1.85. The second-order valence-electron chi connectivity index (χ2n) is 1.38. The van der Waals surface area contributed by atoms with E-state index >= 15 is 0 Å². The molecule has 8 heavy (non-hydrogen) atoms. The van der Waals surface area contributed by atoms with E-state index in [1.807, 2.05) is 0 Å². The van der Waals surface area contributed by atoms with Gasteiger partial charge in [-0.15, -0.1) is 4.98 Å². The van der Waals surface area contributed by atoms with Gasteiger partial charge in [-0.3, -0.25) is 0 Å². The van der Waals surface area contributed by atoms with Crippen LogP contribution in [-0.4, -0.2) is 15.2 Å². The quantitative estimate of drug-likeness (QED) is 0.513. The van der Waals surface area contributed by atoms with Crippen molar-refractivity contribution in [1.29, 1.82) is 0 Å². The molecule has 44 valence electrons. The summed E-state index contributed by atoms with van der Waals surface area (Å²) in [5.74, 6) is -0.0370. The SMILES string of the molecule is Cc1oc(O)nc1O. The molecule has 0 aliphatic carbocycles. The Hall–Kier alpha value is -1.19. The predicted octanol–water partition coefficient (Wildman–Crippen LogP) is 0.394. The highest BCUT2D eigenvalue weighted by Gasteiger charge is 2.03. The van der Waals surface area contributed by atoms with Crippen LogP contribution in [0.2, 0.25) is 0 Å². The van der Waals surface area contributed by atoms with Gasteiger partial charge in [-0.25, -0.2) is 0 Å². The van der Waals surface area contributed by atoms with Gasteiger partial charge in [-0.1, -0.05) is 0 Å². The first-order chi connectivity index (χ1) is 3.70. The topological polar surface area (TPSA) is 66.5 Å². The zero-order valence-corrected chi connectivity index (χ0v) is 4.25. The number of aryl methyl sites for hydroxylation is 1. The Labute approximate surface area is 45.4 Å². The zero-order valence-electron chi connectivity index (χ0n) is 4.25. The van der Waals surface area contributed by atoms with Gasteiger partial charge in [0.1, 0.15) is 0 Å². The van der Waals surface area contributed by atoms with Crippen molar-refractivity contribution in [3.8, 4) is 12.0 Å². The second kappa shape index (κ2) is 1.40. The summed E-state index contributed by atoms with van der Waals surface area (Å²) in [4.78, 5) is 3.16. The maximum Gasteiger partial charge on any atom is 0.394 e. The van der Waals surface area contributed by atoms with Crippen LogP contribution in [0.1, 0.15) is 5.76 Å². The van der Waals surface area contributed by atoms with Crippen LogP contribution >= 0.6 is 0 Å². The molecule has 0 bridgehead atoms. The summed E-state index contributed by atoms with van der Waals surface area (Å²) >= 11 is 0. The first-order valence-corrected chi connectivity index (χ1v) is 2.05. The molecule has 4 heteroatoms. The Morgan fingerprint density at radius 1 is 1.50 bits per heavy atom. The molecule has 0 atom stereocenters. The van der Waals surface area contributed by atoms with E-state index in [1.165, 1.54) is 6.92 Å². The number of aromatic nitrogens is 1. The Morgan fingerprint density at radius 3 is 2.25 bits per heavy atom. The van der Waals surface area contributed by atoms with Crippen molar-refractivity contribution in [3.63, 3.8) is 0 Å². The van der Waals surface area contributed by atoms with E-state index in [4.69, 9.17) is 10.2 Å². The molecule has 0 aromatic carbocycles. The van der Waals surface area contributed by atoms with Gasteiger partial charge in [0.25, 0.3) is 5.88 Å². The van der Waals surface area contributed by atoms with Crippen LogP contribution in [0.4, 0.5) is 0 Å². The van der Waals surface area contributed by atoms with Crippen molar-refractivity contribution in [1.82, 2.24) is 4.98 Å². The van der Waals surface area contributed by atoms with Gasteiger partial charge in [0.05, 0.1) is 0 Å². The fourth-order valence-electron chi connectivity index (χ4n) is 0.375. The molecule has 0 saturated carbocycles. The molecular formula is C4H5NO3. The summed E-state index contributed by atoms with van der Waals surface area (Å²) in [6.45, 7) is 1.50. The zero-order chi connectivity index (χ0) is 6.15. The van der Waals surface area contributed by atoms with E-state index in [1.54, 1.807) is 0 Å². The number of oxazole rings is 1. The molecule has 0 fully saturated rings. The van der Waals surface area contributed by atoms with E-state index in [0.29, 0.717) is 0 Å². The molecule has 0 spiro atoms. The molecular weight excluding hydrogens is 110 g/mol. The lowest BCUT2D eigenvalue weighted by Crippen LogP contribution is -1.62. The molecule has 0 unspecified atom stereocenters. The van der Waals surface area contributed by atoms with Crippen LogP contribution in [0.3, 0.4) is 0 Å². The van der Waals surface area contributed by atoms with Crippen LogP contribution in [0.5, 0.6) is 12.0 Å². The summed E-state index contributed by atoms with van der Waals surface area (Å²) in [5.41, 5.74) is 0. The summed E-state index contributed by atoms with van der Waals surface area (Å²) in [5, 5.41) is 17.0. The molecule has 1 aromatic heterocycles. The van der Waals surface area contributed by atoms with Crippen molar-refractivity contribution in [2.45, 2.75) is 6.92 Å². The molecule has 0 aliphatic heterocycles. The maximum atomic E-state index is 8.58. The molecule has 0 radical (unpaired) electrons. The standard InChI is InChI=1S/C4H5NO3/c1-2-3(6)5-4(7)8-2/h6H,1H3,(H,5,7). The third-order valence-electron chi connectivity index (χ3n) is 0.761. The van der Waals surface area contributed by atoms with Gasteiger partial charge in [0.15, 0.2) is 5.76 Å². The highest BCUT2D eigenvalue weighted by Crippen LogP contribution is 2.18. The molecule has 0 aliphatic rings. The van der Waals surface area contributed by atoms with Crippen LogP contribution in [-0.2, 0) is 0 Å². The van der Waals surface area contributed by atoms with E-state index in [9.17, 15) is 0 Å². The van der Waals surface area contributed by atoms with Crippen molar-refractivity contribution < 1.29 is 14.6 Å². The summed E-state index contributed by atoms with van der Waals surface area (Å²) in [7, 11) is 0. The first-order valence-electron chi connectivity index (χ1n) is 2.05. The Bertz CT molecular complexity index is 174. The van der Waals surface area contributed by atoms with Crippen LogP contribution in [0, 0.1) is 6.92 Å². The lowest BCUT2D eigenvalue weighted by atomic mass is 10.6. The molecule has 2 N–H and O–H groups in total. The molecule has 0 saturated heterocycles. The molecule has 1 aromatic rings. The molecule has 0 amide bonds. The van der Waals surface area contributed by atoms with Gasteiger partial charge in [0, 0.05) is 0 Å². The number of hydrogen-bond acceptors (Lipinski definition) is 4. The molecule has 1 rings (SSSR count). The van der Waals surface area contributed by atoms with Crippen molar-refractivity contribution >= 4 is 0 Å². The molecule has 1 heterocycles. The summed E-state index contributed by atoms with van der Waals surface area (Å²) in [6.07, 6.45) is -0.500. The Kier molecular flexibility index (Phi) is 0.865. The highest BCUT2D eigenvalue weighted by atomic mass is 16.5. The second-order valence-corrected chi connectivity index (χ2v) is 1.38. The third-order valence-corrected chi connectivity index (χ3v) is 0.761. The van der Waals surface area contributed by atoms with Crippen LogP contribution in [0.15, 0.2) is 4.42 Å². The van der Waals surface area contributed by atoms with Crippen molar-refractivity contribution in [2.24, 2.45) is 0 Å². The number of hydrogen-bond donors (Lipinski definition) is 2. The number of rotatable bonds is 0. The van der Waals surface area contributed by atoms with E-state index in [-0.39, 0.29) is 11.6 Å². The highest BCUT2D eigenvalue weighted by molar-refractivity contribution is 5.13. The lowest BCUT2D eigenvalue weighted by Gasteiger charge is -1.75. The smallest absolute Gasteiger partial charge is 0.394 e. The van der Waals surface area contributed by atoms with Crippen molar-refractivity contribution in [2.75, 3.05) is 0 Å². The Morgan fingerprint density at radius 2 is 2.12 bits per heavy atom. The average molecular weight is 115 g/mol. The van der Waals surface area contributed by atoms with Crippen molar-refractivity contribution in [3.05, 3.63) is 5.76 Å². The lowest BCUT2D eigenvalue weighted by molar-refractivity contribution is 0.308. The maximum absolute atomic E-state index is 8.58. The van der Waals surface area contributed by atoms with E-state index in [0.717, 1.165) is 0 Å². The van der Waals surface area contributed by atoms with Gasteiger partial charge in [0.2, 0.25) is 0 Å². The predicted molar refractivity (Wildman–Crippen MR) is 24.6 cm³/mol. The van der Waals surface area contributed by atoms with Crippen LogP contribution in [0.25, 0.3) is 0 Å².